The maximum atomic E-state index is 13.1. The molecule has 3 heterocycles. The molecule has 0 amide bonds. The lowest BCUT2D eigenvalue weighted by atomic mass is 10.2. The highest BCUT2D eigenvalue weighted by Crippen LogP contribution is 2.28. The molecule has 1 aromatic carbocycles. The smallest absolute Gasteiger partial charge is 0.337 e. The number of hydrogen-bond acceptors (Lipinski definition) is 2. The first-order valence-electron chi connectivity index (χ1n) is 8.88. The number of H-pyrrole nitrogens is 1. The molecule has 0 radical (unpaired) electrons. The van der Waals surface area contributed by atoms with Gasteiger partial charge < -0.3 is 4.57 Å². The molecule has 0 aliphatic rings. The summed E-state index contributed by atoms with van der Waals surface area (Å²) in [5, 5.41) is 4.37. The number of alkyl halides is 3. The minimum Gasteiger partial charge on any atom is -0.337 e. The van der Waals surface area contributed by atoms with Crippen molar-refractivity contribution in [1.82, 2.24) is 19.2 Å². The van der Waals surface area contributed by atoms with E-state index in [-0.39, 0.29) is 5.69 Å². The van der Waals surface area contributed by atoms with Crippen LogP contribution in [0, 0.1) is 6.92 Å². The molecule has 0 unspecified atom stereocenters. The lowest BCUT2D eigenvalue weighted by molar-refractivity contribution is -0.397. The van der Waals surface area contributed by atoms with Gasteiger partial charge in [-0.15, -0.1) is 0 Å². The Bertz CT molecular complexity index is 1130. The molecule has 5 nitrogen and oxygen atoms in total. The fourth-order valence-corrected chi connectivity index (χ4v) is 3.27. The first kappa shape index (κ1) is 18.2. The lowest BCUT2D eigenvalue weighted by Crippen LogP contribution is -2.18. The fraction of sp³-hybridized carbons (Fsp3) is 0.250. The van der Waals surface area contributed by atoms with E-state index in [1.165, 1.54) is 11.4 Å². The number of imidazole rings is 2. The lowest BCUT2D eigenvalue weighted by Gasteiger charge is -2.01. The van der Waals surface area contributed by atoms with Crippen molar-refractivity contribution in [2.24, 2.45) is 7.05 Å². The summed E-state index contributed by atoms with van der Waals surface area (Å²) in [6, 6.07) is 13.3. The number of halogens is 3. The number of benzene rings is 1. The summed E-state index contributed by atoms with van der Waals surface area (Å²) in [6.07, 6.45) is -1.24. The van der Waals surface area contributed by atoms with Crippen LogP contribution in [0.1, 0.15) is 22.9 Å². The van der Waals surface area contributed by atoms with Gasteiger partial charge in [-0.2, -0.15) is 13.2 Å². The monoisotopic (exact) mass is 386 g/mol. The van der Waals surface area contributed by atoms with Crippen molar-refractivity contribution in [2.75, 3.05) is 0 Å². The fourth-order valence-electron chi connectivity index (χ4n) is 3.27. The number of nitrogens with one attached hydrogen (secondary N) is 1. The van der Waals surface area contributed by atoms with Crippen LogP contribution in [0.2, 0.25) is 0 Å². The van der Waals surface area contributed by atoms with Crippen LogP contribution < -0.4 is 4.98 Å². The highest BCUT2D eigenvalue weighted by molar-refractivity contribution is 5.58. The van der Waals surface area contributed by atoms with E-state index >= 15 is 0 Å². The molecule has 0 aliphatic heterocycles. The molecule has 4 aromatic rings. The largest absolute Gasteiger partial charge is 0.457 e. The summed E-state index contributed by atoms with van der Waals surface area (Å²) in [6.45, 7) is 1.41. The van der Waals surface area contributed by atoms with Gasteiger partial charge in [0.05, 0.1) is 11.4 Å². The van der Waals surface area contributed by atoms with E-state index in [1.807, 2.05) is 48.1 Å². The van der Waals surface area contributed by atoms with Gasteiger partial charge in [-0.3, -0.25) is 0 Å². The van der Waals surface area contributed by atoms with E-state index in [4.69, 9.17) is 0 Å². The van der Waals surface area contributed by atoms with Crippen molar-refractivity contribution in [2.45, 2.75) is 25.9 Å². The van der Waals surface area contributed by atoms with Gasteiger partial charge in [0.2, 0.25) is 0 Å². The Morgan fingerprint density at radius 1 is 1.04 bits per heavy atom. The molecule has 0 saturated carbocycles. The Kier molecular flexibility index (Phi) is 4.41. The molecule has 28 heavy (non-hydrogen) atoms. The molecule has 4 rings (SSSR count). The highest BCUT2D eigenvalue weighted by Gasteiger charge is 2.41. The second-order valence-electron chi connectivity index (χ2n) is 6.72. The number of nitrogens with zero attached hydrogens (tertiary/aromatic N) is 4. The van der Waals surface area contributed by atoms with E-state index in [0.717, 1.165) is 17.1 Å². The first-order valence-corrected chi connectivity index (χ1v) is 8.88. The molecule has 0 aliphatic carbocycles. The predicted octanol–water partition coefficient (Wildman–Crippen LogP) is 3.66. The molecule has 3 aromatic heterocycles. The van der Waals surface area contributed by atoms with Gasteiger partial charge >= 0.3 is 11.8 Å². The van der Waals surface area contributed by atoms with Crippen molar-refractivity contribution in [1.29, 1.82) is 0 Å². The summed E-state index contributed by atoms with van der Waals surface area (Å²) < 4.78 is 42.5. The average molecular weight is 386 g/mol. The Hall–Kier alpha value is -3.16. The molecular formula is C20H19F3N5+. The second-order valence-corrected chi connectivity index (χ2v) is 6.72. The molecule has 0 saturated heterocycles. The molecule has 8 heteroatoms. The summed E-state index contributed by atoms with van der Waals surface area (Å²) >= 11 is 0. The van der Waals surface area contributed by atoms with Gasteiger partial charge in [0.1, 0.15) is 5.82 Å². The molecular weight excluding hydrogens is 367 g/mol. The van der Waals surface area contributed by atoms with Crippen LogP contribution in [0.5, 0.6) is 0 Å². The predicted molar refractivity (Wildman–Crippen MR) is 97.5 cm³/mol. The van der Waals surface area contributed by atoms with Crippen LogP contribution in [0.25, 0.3) is 16.9 Å². The maximum Gasteiger partial charge on any atom is 0.457 e. The third-order valence-corrected chi connectivity index (χ3v) is 4.75. The van der Waals surface area contributed by atoms with Crippen LogP contribution in [0.3, 0.4) is 0 Å². The molecule has 0 atom stereocenters. The Balaban J connectivity index is 1.56. The van der Waals surface area contributed by atoms with E-state index in [9.17, 15) is 13.2 Å². The van der Waals surface area contributed by atoms with Gasteiger partial charge in [-0.1, -0.05) is 39.9 Å². The Labute approximate surface area is 159 Å². The summed E-state index contributed by atoms with van der Waals surface area (Å²) in [7, 11) is 1.94. The number of fused-ring (bicyclic) bond motifs is 1. The average Bonchev–Trinajstić information content (AvgIpc) is 3.21. The van der Waals surface area contributed by atoms with Gasteiger partial charge in [0.25, 0.3) is 5.69 Å². The first-order chi connectivity index (χ1) is 13.3. The molecule has 144 valence electrons. The standard InChI is InChI=1S/C20H18F3N5/c1-13-19(20(21,22)23)25-18-11-9-15(26-28(13)18)8-10-17-24-16(12-27(17)2)14-6-4-3-5-7-14/h3-7,9,11-12H,8,10H2,1-2H3/p+1. The van der Waals surface area contributed by atoms with Gasteiger partial charge in [-0.25, -0.2) is 9.97 Å². The number of aromatic amines is 1. The van der Waals surface area contributed by atoms with Crippen LogP contribution in [-0.4, -0.2) is 19.2 Å². The van der Waals surface area contributed by atoms with Crippen molar-refractivity contribution in [3.05, 3.63) is 71.6 Å². The Morgan fingerprint density at radius 3 is 2.50 bits per heavy atom. The van der Waals surface area contributed by atoms with E-state index < -0.39 is 11.9 Å². The molecule has 1 N–H and O–H groups in total. The van der Waals surface area contributed by atoms with Crippen LogP contribution >= 0.6 is 0 Å². The SMILES string of the molecule is Cc1c(C(F)(F)F)[nH+]c2ccc(CCc3nc(-c4ccccc4)cn3C)nn12. The topological polar surface area (TPSA) is 49.3 Å². The summed E-state index contributed by atoms with van der Waals surface area (Å²) in [4.78, 5) is 7.08. The minimum absolute atomic E-state index is 0.0488. The van der Waals surface area contributed by atoms with Crippen molar-refractivity contribution >= 4 is 5.65 Å². The highest BCUT2D eigenvalue weighted by atomic mass is 19.4. The van der Waals surface area contributed by atoms with Crippen molar-refractivity contribution in [3.63, 3.8) is 0 Å². The van der Waals surface area contributed by atoms with Gasteiger partial charge in [0, 0.05) is 44.6 Å². The van der Waals surface area contributed by atoms with Gasteiger partial charge in [-0.05, 0) is 6.07 Å². The molecule has 0 spiro atoms. The zero-order valence-electron chi connectivity index (χ0n) is 15.5. The quantitative estimate of drug-likeness (QED) is 0.537. The summed E-state index contributed by atoms with van der Waals surface area (Å²) in [5.74, 6) is 0.896. The van der Waals surface area contributed by atoms with Crippen molar-refractivity contribution < 1.29 is 18.2 Å². The Morgan fingerprint density at radius 2 is 1.79 bits per heavy atom. The van der Waals surface area contributed by atoms with E-state index in [2.05, 4.69) is 15.1 Å². The van der Waals surface area contributed by atoms with E-state index in [0.29, 0.717) is 24.2 Å². The third-order valence-electron chi connectivity index (χ3n) is 4.75. The number of aryl methyl sites for hydroxylation is 4. The van der Waals surface area contributed by atoms with Crippen LogP contribution in [0.4, 0.5) is 13.2 Å². The zero-order chi connectivity index (χ0) is 19.9. The van der Waals surface area contributed by atoms with Gasteiger partial charge in [0.15, 0.2) is 5.69 Å². The zero-order valence-corrected chi connectivity index (χ0v) is 15.5. The van der Waals surface area contributed by atoms with Crippen molar-refractivity contribution in [3.8, 4) is 11.3 Å². The normalized spacial score (nSPS) is 12.0. The third kappa shape index (κ3) is 3.37. The molecule has 0 bridgehead atoms. The number of hydrogen-bond donors (Lipinski definition) is 0. The second kappa shape index (κ2) is 6.78. The van der Waals surface area contributed by atoms with Crippen LogP contribution in [-0.2, 0) is 26.1 Å². The van der Waals surface area contributed by atoms with E-state index in [1.54, 1.807) is 12.1 Å². The molecule has 0 fully saturated rings. The summed E-state index contributed by atoms with van der Waals surface area (Å²) in [5.41, 5.74) is 2.24. The maximum absolute atomic E-state index is 13.1. The number of aromatic nitrogens is 5. The van der Waals surface area contributed by atoms with Crippen LogP contribution in [0.15, 0.2) is 48.7 Å². The minimum atomic E-state index is -4.43. The number of rotatable bonds is 4.